The van der Waals surface area contributed by atoms with Crippen LogP contribution in [0.25, 0.3) is 5.69 Å². The fraction of sp³-hybridized carbons (Fsp3) is 0.214. The van der Waals surface area contributed by atoms with Crippen LogP contribution in [0.4, 0.5) is 4.39 Å². The molecular weight excluding hydrogens is 343 g/mol. The lowest BCUT2D eigenvalue weighted by Gasteiger charge is -2.11. The van der Waals surface area contributed by atoms with Crippen LogP contribution in [0.5, 0.6) is 0 Å². The van der Waals surface area contributed by atoms with Crippen LogP contribution in [-0.4, -0.2) is 20.9 Å². The summed E-state index contributed by atoms with van der Waals surface area (Å²) in [5.41, 5.74) is -0.368. The number of rotatable bonds is 3. The molecule has 0 aliphatic carbocycles. The number of benzene rings is 1. The Balaban J connectivity index is 2.71. The Bertz CT molecular complexity index is 771. The van der Waals surface area contributed by atoms with Crippen molar-refractivity contribution in [1.29, 1.82) is 0 Å². The van der Waals surface area contributed by atoms with E-state index in [-0.39, 0.29) is 10.4 Å². The van der Waals surface area contributed by atoms with Crippen molar-refractivity contribution in [1.82, 2.24) is 9.78 Å². The van der Waals surface area contributed by atoms with Gasteiger partial charge >= 0.3 is 5.97 Å². The van der Waals surface area contributed by atoms with Gasteiger partial charge in [0.1, 0.15) is 5.82 Å². The Morgan fingerprint density at radius 1 is 1.43 bits per heavy atom. The number of carbonyl (C=O) groups is 1. The van der Waals surface area contributed by atoms with E-state index in [0.29, 0.717) is 11.3 Å². The first-order valence-corrected chi connectivity index (χ1v) is 6.93. The average molecular weight is 355 g/mol. The van der Waals surface area contributed by atoms with Crippen molar-refractivity contribution >= 4 is 21.9 Å². The maximum absolute atomic E-state index is 13.3. The highest BCUT2D eigenvalue weighted by atomic mass is 79.9. The monoisotopic (exact) mass is 354 g/mol. The molecule has 0 spiro atoms. The fourth-order valence-electron chi connectivity index (χ4n) is 1.82. The number of carboxylic acid groups (broad SMARTS) is 1. The van der Waals surface area contributed by atoms with Crippen molar-refractivity contribution < 1.29 is 14.3 Å². The summed E-state index contributed by atoms with van der Waals surface area (Å²) in [4.78, 5) is 23.2. The van der Waals surface area contributed by atoms with Crippen LogP contribution in [0, 0.1) is 5.82 Å². The number of hydrogen-bond donors (Lipinski definition) is 1. The molecule has 0 bridgehead atoms. The first kappa shape index (κ1) is 15.4. The lowest BCUT2D eigenvalue weighted by molar-refractivity contribution is 0.0686. The van der Waals surface area contributed by atoms with Crippen molar-refractivity contribution in [2.24, 2.45) is 0 Å². The maximum Gasteiger partial charge on any atom is 0.360 e. The third kappa shape index (κ3) is 3.02. The standard InChI is InChI=1S/C14H12BrFN2O3/c1-7(2)9-6-18(17-12(13(9)19)14(20)21)8-3-4-11(16)10(15)5-8/h3-7H,1-2H3,(H,20,21). The molecular formula is C14H12BrFN2O3. The summed E-state index contributed by atoms with van der Waals surface area (Å²) in [5, 5.41) is 12.9. The average Bonchev–Trinajstić information content (AvgIpc) is 2.41. The van der Waals surface area contributed by atoms with Gasteiger partial charge in [0.15, 0.2) is 0 Å². The van der Waals surface area contributed by atoms with E-state index in [1.165, 1.54) is 29.1 Å². The molecule has 1 N–H and O–H groups in total. The molecule has 110 valence electrons. The molecule has 0 aliphatic heterocycles. The van der Waals surface area contributed by atoms with Crippen LogP contribution in [-0.2, 0) is 0 Å². The molecule has 0 radical (unpaired) electrons. The van der Waals surface area contributed by atoms with Gasteiger partial charge in [0.05, 0.1) is 10.2 Å². The van der Waals surface area contributed by atoms with E-state index in [2.05, 4.69) is 21.0 Å². The Labute approximate surface area is 128 Å². The Morgan fingerprint density at radius 2 is 2.10 bits per heavy atom. The molecule has 2 aromatic rings. The molecule has 0 atom stereocenters. The van der Waals surface area contributed by atoms with Gasteiger partial charge in [0.25, 0.3) is 0 Å². The molecule has 2 rings (SSSR count). The highest BCUT2D eigenvalue weighted by Crippen LogP contribution is 2.20. The van der Waals surface area contributed by atoms with E-state index in [4.69, 9.17) is 5.11 Å². The number of nitrogens with zero attached hydrogens (tertiary/aromatic N) is 2. The first-order valence-electron chi connectivity index (χ1n) is 6.14. The van der Waals surface area contributed by atoms with Crippen LogP contribution in [0.15, 0.2) is 33.7 Å². The number of aromatic carboxylic acids is 1. The van der Waals surface area contributed by atoms with E-state index in [1.807, 2.05) is 0 Å². The second kappa shape index (κ2) is 5.77. The van der Waals surface area contributed by atoms with E-state index in [0.717, 1.165) is 0 Å². The number of carboxylic acids is 1. The van der Waals surface area contributed by atoms with Gasteiger partial charge in [0.2, 0.25) is 11.1 Å². The molecule has 21 heavy (non-hydrogen) atoms. The van der Waals surface area contributed by atoms with Crippen molar-refractivity contribution in [3.63, 3.8) is 0 Å². The van der Waals surface area contributed by atoms with E-state index in [9.17, 15) is 14.0 Å². The van der Waals surface area contributed by atoms with E-state index >= 15 is 0 Å². The molecule has 0 saturated heterocycles. The predicted octanol–water partition coefficient (Wildman–Crippen LogP) is 2.96. The molecule has 0 fully saturated rings. The number of hydrogen-bond acceptors (Lipinski definition) is 3. The third-order valence-electron chi connectivity index (χ3n) is 2.94. The summed E-state index contributed by atoms with van der Waals surface area (Å²) >= 11 is 3.06. The van der Waals surface area contributed by atoms with Gasteiger partial charge < -0.3 is 5.11 Å². The number of aromatic nitrogens is 2. The Morgan fingerprint density at radius 3 is 2.62 bits per heavy atom. The van der Waals surface area contributed by atoms with Crippen LogP contribution in [0.3, 0.4) is 0 Å². The normalized spacial score (nSPS) is 10.9. The quantitative estimate of drug-likeness (QED) is 0.919. The molecule has 0 saturated carbocycles. The summed E-state index contributed by atoms with van der Waals surface area (Å²) in [7, 11) is 0. The van der Waals surface area contributed by atoms with Gasteiger partial charge in [-0.05, 0) is 40.0 Å². The Kier molecular flexibility index (Phi) is 4.22. The summed E-state index contributed by atoms with van der Waals surface area (Å²) in [6.45, 7) is 3.57. The second-order valence-corrected chi connectivity index (χ2v) is 5.62. The summed E-state index contributed by atoms with van der Waals surface area (Å²) < 4.78 is 14.8. The smallest absolute Gasteiger partial charge is 0.360 e. The summed E-state index contributed by atoms with van der Waals surface area (Å²) in [6, 6.07) is 4.14. The van der Waals surface area contributed by atoms with Crippen molar-refractivity contribution in [3.05, 3.63) is 56.2 Å². The zero-order valence-corrected chi connectivity index (χ0v) is 12.9. The largest absolute Gasteiger partial charge is 0.476 e. The fourth-order valence-corrected chi connectivity index (χ4v) is 2.19. The predicted molar refractivity (Wildman–Crippen MR) is 78.5 cm³/mol. The number of halogens is 2. The van der Waals surface area contributed by atoms with Crippen LogP contribution in [0.1, 0.15) is 35.8 Å². The molecule has 1 heterocycles. The zero-order valence-electron chi connectivity index (χ0n) is 11.3. The molecule has 1 aromatic carbocycles. The van der Waals surface area contributed by atoms with Crippen molar-refractivity contribution in [3.8, 4) is 5.69 Å². The molecule has 7 heteroatoms. The minimum atomic E-state index is -1.39. The van der Waals surface area contributed by atoms with Crippen LogP contribution < -0.4 is 5.43 Å². The van der Waals surface area contributed by atoms with Crippen molar-refractivity contribution in [2.75, 3.05) is 0 Å². The van der Waals surface area contributed by atoms with Gasteiger partial charge in [-0.3, -0.25) is 4.79 Å². The lowest BCUT2D eigenvalue weighted by atomic mass is 10.0. The van der Waals surface area contributed by atoms with Crippen LogP contribution in [0.2, 0.25) is 0 Å². The minimum Gasteiger partial charge on any atom is -0.476 e. The SMILES string of the molecule is CC(C)c1cn(-c2ccc(F)c(Br)c2)nc(C(=O)O)c1=O. The summed E-state index contributed by atoms with van der Waals surface area (Å²) in [6.07, 6.45) is 1.47. The van der Waals surface area contributed by atoms with Gasteiger partial charge in [-0.25, -0.2) is 13.9 Å². The van der Waals surface area contributed by atoms with E-state index in [1.54, 1.807) is 13.8 Å². The lowest BCUT2D eigenvalue weighted by Crippen LogP contribution is -2.25. The van der Waals surface area contributed by atoms with E-state index < -0.39 is 22.9 Å². The maximum atomic E-state index is 13.3. The topological polar surface area (TPSA) is 72.2 Å². The third-order valence-corrected chi connectivity index (χ3v) is 3.55. The van der Waals surface area contributed by atoms with Gasteiger partial charge in [-0.15, -0.1) is 0 Å². The molecule has 0 unspecified atom stereocenters. The Hall–Kier alpha value is -2.02. The minimum absolute atomic E-state index is 0.159. The summed E-state index contributed by atoms with van der Waals surface area (Å²) in [5.74, 6) is -1.99. The van der Waals surface area contributed by atoms with Gasteiger partial charge in [-0.2, -0.15) is 5.10 Å². The van der Waals surface area contributed by atoms with Crippen molar-refractivity contribution in [2.45, 2.75) is 19.8 Å². The molecule has 0 amide bonds. The first-order chi connectivity index (χ1) is 9.81. The second-order valence-electron chi connectivity index (χ2n) is 4.77. The molecule has 0 aliphatic rings. The van der Waals surface area contributed by atoms with Crippen LogP contribution >= 0.6 is 15.9 Å². The zero-order chi connectivity index (χ0) is 15.7. The highest BCUT2D eigenvalue weighted by Gasteiger charge is 2.18. The molecule has 1 aromatic heterocycles. The van der Waals surface area contributed by atoms with Gasteiger partial charge in [-0.1, -0.05) is 13.8 Å². The highest BCUT2D eigenvalue weighted by molar-refractivity contribution is 9.10. The van der Waals surface area contributed by atoms with Gasteiger partial charge in [0, 0.05) is 11.8 Å². The molecule has 5 nitrogen and oxygen atoms in total.